The van der Waals surface area contributed by atoms with Gasteiger partial charge in [0.1, 0.15) is 0 Å². The van der Waals surface area contributed by atoms with Gasteiger partial charge in [-0.25, -0.2) is 0 Å². The van der Waals surface area contributed by atoms with Gasteiger partial charge in [0.2, 0.25) is 0 Å². The zero-order valence-corrected chi connectivity index (χ0v) is 11.4. The normalized spacial score (nSPS) is 18.5. The summed E-state index contributed by atoms with van der Waals surface area (Å²) in [4.78, 5) is 13.0. The van der Waals surface area contributed by atoms with Crippen molar-refractivity contribution in [3.63, 3.8) is 0 Å². The molecule has 1 fully saturated rings. The SMILES string of the molecule is CSc1ccc(C(=O)NC2CCNC2)cc1.Cl. The summed E-state index contributed by atoms with van der Waals surface area (Å²) in [5, 5.41) is 6.25. The predicted octanol–water partition coefficient (Wildman–Crippen LogP) is 1.92. The minimum absolute atomic E-state index is 0. The lowest BCUT2D eigenvalue weighted by Crippen LogP contribution is -2.36. The molecule has 0 saturated carbocycles. The number of hydrogen-bond donors (Lipinski definition) is 2. The Kier molecular flexibility index (Phi) is 5.82. The first kappa shape index (κ1) is 14.4. The van der Waals surface area contributed by atoms with Crippen LogP contribution >= 0.6 is 24.2 Å². The van der Waals surface area contributed by atoms with Crippen LogP contribution in [0.25, 0.3) is 0 Å². The fourth-order valence-electron chi connectivity index (χ4n) is 1.79. The Balaban J connectivity index is 0.00000144. The van der Waals surface area contributed by atoms with Crippen LogP contribution in [0.1, 0.15) is 16.8 Å². The van der Waals surface area contributed by atoms with Gasteiger partial charge in [-0.2, -0.15) is 0 Å². The van der Waals surface area contributed by atoms with E-state index >= 15 is 0 Å². The van der Waals surface area contributed by atoms with Crippen LogP contribution in [0.5, 0.6) is 0 Å². The van der Waals surface area contributed by atoms with E-state index in [9.17, 15) is 4.79 Å². The molecular weight excluding hydrogens is 256 g/mol. The van der Waals surface area contributed by atoms with Crippen LogP contribution in [0.15, 0.2) is 29.2 Å². The molecule has 0 radical (unpaired) electrons. The number of carbonyl (C=O) groups is 1. The van der Waals surface area contributed by atoms with E-state index in [1.54, 1.807) is 11.8 Å². The molecule has 1 unspecified atom stereocenters. The number of thioether (sulfide) groups is 1. The van der Waals surface area contributed by atoms with Crippen molar-refractivity contribution in [1.82, 2.24) is 10.6 Å². The zero-order valence-electron chi connectivity index (χ0n) is 9.73. The third-order valence-corrected chi connectivity index (χ3v) is 3.49. The summed E-state index contributed by atoms with van der Waals surface area (Å²) in [5.41, 5.74) is 0.740. The monoisotopic (exact) mass is 272 g/mol. The third-order valence-electron chi connectivity index (χ3n) is 2.75. The minimum atomic E-state index is 0. The maximum Gasteiger partial charge on any atom is 0.251 e. The molecule has 94 valence electrons. The predicted molar refractivity (Wildman–Crippen MR) is 74.2 cm³/mol. The van der Waals surface area contributed by atoms with Gasteiger partial charge in [0.15, 0.2) is 0 Å². The molecule has 1 aromatic rings. The summed E-state index contributed by atoms with van der Waals surface area (Å²) in [6.07, 6.45) is 3.05. The average Bonchev–Trinajstić information content (AvgIpc) is 2.82. The Morgan fingerprint density at radius 3 is 2.65 bits per heavy atom. The molecule has 1 saturated heterocycles. The number of hydrogen-bond acceptors (Lipinski definition) is 3. The lowest BCUT2D eigenvalue weighted by atomic mass is 10.2. The largest absolute Gasteiger partial charge is 0.348 e. The summed E-state index contributed by atoms with van der Waals surface area (Å²) < 4.78 is 0. The molecule has 1 heterocycles. The Morgan fingerprint density at radius 1 is 1.41 bits per heavy atom. The van der Waals surface area contributed by atoms with Crippen molar-refractivity contribution in [2.24, 2.45) is 0 Å². The second-order valence-corrected chi connectivity index (χ2v) is 4.77. The number of nitrogens with one attached hydrogen (secondary N) is 2. The first-order valence-corrected chi connectivity index (χ1v) is 6.67. The molecule has 0 spiro atoms. The van der Waals surface area contributed by atoms with E-state index in [1.807, 2.05) is 30.5 Å². The van der Waals surface area contributed by atoms with Crippen LogP contribution in [0, 0.1) is 0 Å². The molecule has 1 aliphatic heterocycles. The van der Waals surface area contributed by atoms with Crippen LogP contribution in [0.2, 0.25) is 0 Å². The van der Waals surface area contributed by atoms with Crippen LogP contribution in [-0.2, 0) is 0 Å². The summed E-state index contributed by atoms with van der Waals surface area (Å²) >= 11 is 1.68. The second kappa shape index (κ2) is 6.89. The van der Waals surface area contributed by atoms with E-state index in [4.69, 9.17) is 0 Å². The van der Waals surface area contributed by atoms with Gasteiger partial charge in [0.25, 0.3) is 5.91 Å². The van der Waals surface area contributed by atoms with Crippen molar-refractivity contribution in [3.8, 4) is 0 Å². The van der Waals surface area contributed by atoms with Crippen molar-refractivity contribution in [2.75, 3.05) is 19.3 Å². The van der Waals surface area contributed by atoms with Crippen LogP contribution in [0.3, 0.4) is 0 Å². The molecule has 1 atom stereocenters. The molecule has 3 nitrogen and oxygen atoms in total. The number of benzene rings is 1. The number of halogens is 1. The quantitative estimate of drug-likeness (QED) is 0.826. The molecule has 2 rings (SSSR count). The number of carbonyl (C=O) groups excluding carboxylic acids is 1. The summed E-state index contributed by atoms with van der Waals surface area (Å²) in [6, 6.07) is 8.00. The van der Waals surface area contributed by atoms with E-state index in [0.717, 1.165) is 25.1 Å². The van der Waals surface area contributed by atoms with E-state index in [2.05, 4.69) is 10.6 Å². The maximum absolute atomic E-state index is 11.9. The fraction of sp³-hybridized carbons (Fsp3) is 0.417. The highest BCUT2D eigenvalue weighted by Gasteiger charge is 2.17. The fourth-order valence-corrected chi connectivity index (χ4v) is 2.20. The van der Waals surface area contributed by atoms with Gasteiger partial charge < -0.3 is 10.6 Å². The van der Waals surface area contributed by atoms with Crippen LogP contribution < -0.4 is 10.6 Å². The molecule has 5 heteroatoms. The first-order valence-electron chi connectivity index (χ1n) is 5.45. The molecular formula is C12H17ClN2OS. The van der Waals surface area contributed by atoms with E-state index in [0.29, 0.717) is 0 Å². The standard InChI is InChI=1S/C12H16N2OS.ClH/c1-16-11-4-2-9(3-5-11)12(15)14-10-6-7-13-8-10;/h2-5,10,13H,6-8H2,1H3,(H,14,15);1H. The molecule has 17 heavy (non-hydrogen) atoms. The van der Waals surface area contributed by atoms with E-state index in [1.165, 1.54) is 4.90 Å². The van der Waals surface area contributed by atoms with Crippen molar-refractivity contribution in [1.29, 1.82) is 0 Å². The first-order chi connectivity index (χ1) is 7.79. The summed E-state index contributed by atoms with van der Waals surface area (Å²) in [6.45, 7) is 1.88. The molecule has 0 aliphatic carbocycles. The van der Waals surface area contributed by atoms with E-state index < -0.39 is 0 Å². The van der Waals surface area contributed by atoms with Crippen molar-refractivity contribution in [3.05, 3.63) is 29.8 Å². The molecule has 0 aromatic heterocycles. The Morgan fingerprint density at radius 2 is 2.12 bits per heavy atom. The van der Waals surface area contributed by atoms with Gasteiger partial charge in [-0.15, -0.1) is 24.2 Å². The highest BCUT2D eigenvalue weighted by Crippen LogP contribution is 2.14. The second-order valence-electron chi connectivity index (χ2n) is 3.89. The van der Waals surface area contributed by atoms with Gasteiger partial charge >= 0.3 is 0 Å². The highest BCUT2D eigenvalue weighted by molar-refractivity contribution is 7.98. The van der Waals surface area contributed by atoms with Crippen LogP contribution in [-0.4, -0.2) is 31.3 Å². The van der Waals surface area contributed by atoms with Gasteiger partial charge in [0.05, 0.1) is 0 Å². The highest BCUT2D eigenvalue weighted by atomic mass is 35.5. The lowest BCUT2D eigenvalue weighted by Gasteiger charge is -2.11. The van der Waals surface area contributed by atoms with Crippen molar-refractivity contribution < 1.29 is 4.79 Å². The van der Waals surface area contributed by atoms with Crippen molar-refractivity contribution in [2.45, 2.75) is 17.4 Å². The number of rotatable bonds is 3. The topological polar surface area (TPSA) is 41.1 Å². The van der Waals surface area contributed by atoms with E-state index in [-0.39, 0.29) is 24.4 Å². The molecule has 0 bridgehead atoms. The third kappa shape index (κ3) is 3.91. The smallest absolute Gasteiger partial charge is 0.251 e. The molecule has 1 aromatic carbocycles. The number of amides is 1. The molecule has 1 aliphatic rings. The Labute approximate surface area is 112 Å². The van der Waals surface area contributed by atoms with Gasteiger partial charge in [-0.3, -0.25) is 4.79 Å². The Hall–Kier alpha value is -0.710. The maximum atomic E-state index is 11.9. The molecule has 1 amide bonds. The molecule has 2 N–H and O–H groups in total. The zero-order chi connectivity index (χ0) is 11.4. The van der Waals surface area contributed by atoms with Gasteiger partial charge in [0, 0.05) is 23.0 Å². The van der Waals surface area contributed by atoms with Gasteiger partial charge in [-0.05, 0) is 43.5 Å². The van der Waals surface area contributed by atoms with Crippen molar-refractivity contribution >= 4 is 30.1 Å². The Bertz CT molecular complexity index is 363. The average molecular weight is 273 g/mol. The minimum Gasteiger partial charge on any atom is -0.348 e. The lowest BCUT2D eigenvalue weighted by molar-refractivity contribution is 0.0940. The van der Waals surface area contributed by atoms with Crippen LogP contribution in [0.4, 0.5) is 0 Å². The van der Waals surface area contributed by atoms with Gasteiger partial charge in [-0.1, -0.05) is 0 Å². The summed E-state index contributed by atoms with van der Waals surface area (Å²) in [5.74, 6) is 0.0290. The summed E-state index contributed by atoms with van der Waals surface area (Å²) in [7, 11) is 0.